The Balaban J connectivity index is 6.45. The molecule has 0 heterocycles. The summed E-state index contributed by atoms with van der Waals surface area (Å²) in [5, 5.41) is 0. The summed E-state index contributed by atoms with van der Waals surface area (Å²) < 4.78 is -3.09. The van der Waals surface area contributed by atoms with Crippen LogP contribution in [-0.2, 0) is 0 Å². The molecule has 0 saturated heterocycles. The van der Waals surface area contributed by atoms with Gasteiger partial charge in [-0.15, -0.1) is 0 Å². The number of hydrogen-bond donors (Lipinski definition) is 0. The molecule has 0 fully saturated rings. The first kappa shape index (κ1) is 25.2. The van der Waals surface area contributed by atoms with Crippen molar-refractivity contribution in [3.63, 3.8) is 0 Å². The van der Waals surface area contributed by atoms with Gasteiger partial charge in [0, 0.05) is 0 Å². The molecule has 115 valence electrons. The van der Waals surface area contributed by atoms with Crippen LogP contribution in [0.1, 0.15) is 0 Å². The van der Waals surface area contributed by atoms with Crippen LogP contribution in [0.4, 0.5) is 0 Å². The van der Waals surface area contributed by atoms with Crippen molar-refractivity contribution in [2.24, 2.45) is 0 Å². The minimum atomic E-state index is -0.807. The van der Waals surface area contributed by atoms with Crippen LogP contribution >= 0.6 is 207 Å². The normalized spacial score (nSPS) is 18.6. The van der Waals surface area contributed by atoms with Crippen LogP contribution in [-0.4, -0.2) is 15.1 Å². The minimum absolute atomic E-state index is 0.723. The molecule has 0 nitrogen and oxygen atoms in total. The first-order chi connectivity index (χ1) is 7.94. The first-order valence-corrected chi connectivity index (χ1v) is 14.0. The Kier molecular flexibility index (Phi) is 11.3. The average Bonchev–Trinajstić information content (AvgIpc) is 2.09. The molecule has 0 N–H and O–H groups in total. The molecular formula is C6Br13. The number of alkyl halides is 11. The van der Waals surface area contributed by atoms with Crippen molar-refractivity contribution in [3.8, 4) is 0 Å². The van der Waals surface area contributed by atoms with Gasteiger partial charge in [0.05, 0.1) is 0 Å². The molecule has 0 aromatic carbocycles. The maximum absolute atomic E-state index is 3.79. The van der Waals surface area contributed by atoms with Gasteiger partial charge in [0.25, 0.3) is 0 Å². The lowest BCUT2D eigenvalue weighted by Crippen LogP contribution is -2.66. The van der Waals surface area contributed by atoms with Crippen LogP contribution < -0.4 is 0 Å². The average molecular weight is 1110 g/mol. The molecule has 0 aromatic rings. The quantitative estimate of drug-likeness (QED) is 0.242. The molecule has 0 bridgehead atoms. The maximum Gasteiger partial charge on any atom is 0.154 e. The van der Waals surface area contributed by atoms with Crippen LogP contribution in [0.25, 0.3) is 0 Å². The van der Waals surface area contributed by atoms with Gasteiger partial charge < -0.3 is 0 Å². The number of halogens is 13. The predicted molar refractivity (Wildman–Crippen MR) is 133 cm³/mol. The van der Waals surface area contributed by atoms with Gasteiger partial charge in [0.2, 0.25) is 0 Å². The van der Waals surface area contributed by atoms with E-state index in [0.717, 1.165) is 3.74 Å². The molecule has 0 saturated carbocycles. The fourth-order valence-corrected chi connectivity index (χ4v) is 15.2. The molecule has 19 heavy (non-hydrogen) atoms. The highest BCUT2D eigenvalue weighted by molar-refractivity contribution is 9.42. The van der Waals surface area contributed by atoms with Crippen molar-refractivity contribution in [3.05, 3.63) is 3.74 Å². The summed E-state index contributed by atoms with van der Waals surface area (Å²) in [6.07, 6.45) is 0. The second-order valence-electron chi connectivity index (χ2n) is 3.07. The summed E-state index contributed by atoms with van der Waals surface area (Å²) >= 11 is 46.8. The van der Waals surface area contributed by atoms with Gasteiger partial charge in [-0.3, -0.25) is 0 Å². The predicted octanol–water partition coefficient (Wildman–Crippen LogP) is 10.0. The van der Waals surface area contributed by atoms with E-state index in [-0.39, 0.29) is 0 Å². The minimum Gasteiger partial charge on any atom is -0.0775 e. The number of hydrogen-bond acceptors (Lipinski definition) is 0. The maximum atomic E-state index is 3.79. The summed E-state index contributed by atoms with van der Waals surface area (Å²) in [5.41, 5.74) is 0. The molecule has 0 spiro atoms. The lowest BCUT2D eigenvalue weighted by atomic mass is 9.99. The third kappa shape index (κ3) is 5.15. The lowest BCUT2D eigenvalue weighted by Gasteiger charge is -2.55. The second-order valence-corrected chi connectivity index (χ2v) is 28.4. The summed E-state index contributed by atoms with van der Waals surface area (Å²) in [6, 6.07) is 0. The van der Waals surface area contributed by atoms with Crippen LogP contribution in [0.2, 0.25) is 0 Å². The van der Waals surface area contributed by atoms with E-state index in [1.54, 1.807) is 0 Å². The molecule has 0 aromatic heterocycles. The summed E-state index contributed by atoms with van der Waals surface area (Å²) in [5.74, 6) is 0. The van der Waals surface area contributed by atoms with Crippen LogP contribution in [0.5, 0.6) is 0 Å². The molecule has 0 aliphatic carbocycles. The Labute approximate surface area is 221 Å². The monoisotopic (exact) mass is 1100 g/mol. The van der Waals surface area contributed by atoms with Crippen molar-refractivity contribution in [1.82, 2.24) is 0 Å². The molecule has 13 heteroatoms. The summed E-state index contributed by atoms with van der Waals surface area (Å²) in [7, 11) is 0. The smallest absolute Gasteiger partial charge is 0.0775 e. The lowest BCUT2D eigenvalue weighted by molar-refractivity contribution is 0.572. The molecule has 1 atom stereocenters. The highest BCUT2D eigenvalue weighted by atomic mass is 80.0. The van der Waals surface area contributed by atoms with Crippen molar-refractivity contribution < 1.29 is 0 Å². The molecule has 0 aliphatic heterocycles. The summed E-state index contributed by atoms with van der Waals surface area (Å²) in [4.78, 5) is 0. The van der Waals surface area contributed by atoms with Crippen LogP contribution in [0.3, 0.4) is 0 Å². The standard InChI is InChI=1S/C6Br13/c7-1(8)2(9,4(11,12)13)3(10,5(14,15)16)6(17,18)19. The molecular weight excluding hydrogens is 1110 g/mol. The van der Waals surface area contributed by atoms with Gasteiger partial charge >= 0.3 is 0 Å². The van der Waals surface area contributed by atoms with Crippen molar-refractivity contribution >= 4 is 207 Å². The van der Waals surface area contributed by atoms with E-state index in [1.165, 1.54) is 0 Å². The molecule has 0 rings (SSSR count). The van der Waals surface area contributed by atoms with Crippen LogP contribution in [0, 0.1) is 3.74 Å². The zero-order valence-corrected chi connectivity index (χ0v) is 28.5. The van der Waals surface area contributed by atoms with Gasteiger partial charge in [-0.2, -0.15) is 0 Å². The first-order valence-electron chi connectivity index (χ1n) is 3.71. The van der Waals surface area contributed by atoms with E-state index >= 15 is 0 Å². The van der Waals surface area contributed by atoms with Gasteiger partial charge in [-0.25, -0.2) is 0 Å². The van der Waals surface area contributed by atoms with E-state index in [1.807, 2.05) is 0 Å². The highest BCUT2D eigenvalue weighted by Crippen LogP contribution is 2.75. The molecule has 0 amide bonds. The van der Waals surface area contributed by atoms with E-state index in [4.69, 9.17) is 0 Å². The van der Waals surface area contributed by atoms with Crippen molar-refractivity contribution in [2.75, 3.05) is 0 Å². The van der Waals surface area contributed by atoms with Crippen molar-refractivity contribution in [1.29, 1.82) is 0 Å². The molecule has 1 unspecified atom stereocenters. The Morgan fingerprint density at radius 3 is 0.789 bits per heavy atom. The molecule has 0 aliphatic rings. The van der Waals surface area contributed by atoms with Crippen molar-refractivity contribution in [2.45, 2.75) is 15.1 Å². The Hall–Kier alpha value is 6.24. The summed E-state index contributed by atoms with van der Waals surface area (Å²) in [6.45, 7) is 0. The molecule has 1 radical (unpaired) electrons. The van der Waals surface area contributed by atoms with Gasteiger partial charge in [-0.1, -0.05) is 207 Å². The van der Waals surface area contributed by atoms with E-state index in [9.17, 15) is 0 Å². The van der Waals surface area contributed by atoms with Gasteiger partial charge in [0.15, 0.2) is 6.43 Å². The number of rotatable bonds is 2. The third-order valence-electron chi connectivity index (χ3n) is 1.91. The van der Waals surface area contributed by atoms with Gasteiger partial charge in [-0.05, 0) is 0 Å². The second kappa shape index (κ2) is 8.50. The SMILES string of the molecule is Br[C](Br)C(Br)(C(Br)(Br)Br)C(Br)(C(Br)(Br)Br)C(Br)(Br)Br. The fourth-order valence-electron chi connectivity index (χ4n) is 0.984. The fraction of sp³-hybridized carbons (Fsp3) is 0.833. The van der Waals surface area contributed by atoms with Crippen LogP contribution in [0.15, 0.2) is 0 Å². The van der Waals surface area contributed by atoms with E-state index in [2.05, 4.69) is 207 Å². The largest absolute Gasteiger partial charge is 0.154 e. The highest BCUT2D eigenvalue weighted by Gasteiger charge is 2.74. The third-order valence-corrected chi connectivity index (χ3v) is 18.2. The van der Waals surface area contributed by atoms with E-state index < -0.39 is 15.1 Å². The van der Waals surface area contributed by atoms with E-state index in [0.29, 0.717) is 0 Å². The topological polar surface area (TPSA) is 0 Å². The zero-order chi connectivity index (χ0) is 16.1. The Morgan fingerprint density at radius 1 is 0.474 bits per heavy atom. The Bertz CT molecular complexity index is 303. The van der Waals surface area contributed by atoms with Gasteiger partial charge in [0.1, 0.15) is 12.4 Å². The Morgan fingerprint density at radius 2 is 0.737 bits per heavy atom. The zero-order valence-electron chi connectivity index (χ0n) is 7.91.